The van der Waals surface area contributed by atoms with E-state index in [0.717, 1.165) is 12.8 Å². The summed E-state index contributed by atoms with van der Waals surface area (Å²) in [7, 11) is -3.64. The van der Waals surface area contributed by atoms with Crippen molar-refractivity contribution in [3.05, 3.63) is 17.8 Å². The van der Waals surface area contributed by atoms with Gasteiger partial charge in [-0.25, -0.2) is 8.42 Å². The molecule has 9 heteroatoms. The van der Waals surface area contributed by atoms with E-state index < -0.39 is 10.0 Å². The molecule has 3 rings (SSSR count). The Morgan fingerprint density at radius 2 is 2.04 bits per heavy atom. The molecule has 25 heavy (non-hydrogen) atoms. The molecular formula is C16H20N4O4S. The molecule has 1 saturated heterocycles. The molecule has 1 fully saturated rings. The number of sulfonamides is 1. The van der Waals surface area contributed by atoms with E-state index in [9.17, 15) is 13.7 Å². The molecule has 0 aromatic carbocycles. The molecule has 0 radical (unpaired) electrons. The van der Waals surface area contributed by atoms with E-state index in [0.29, 0.717) is 25.6 Å². The summed E-state index contributed by atoms with van der Waals surface area (Å²) in [6.07, 6.45) is 1.70. The number of nitrogens with zero attached hydrogens (tertiary/aromatic N) is 3. The lowest BCUT2D eigenvalue weighted by Crippen LogP contribution is -2.27. The van der Waals surface area contributed by atoms with Crippen LogP contribution in [0.2, 0.25) is 0 Å². The third-order valence-electron chi connectivity index (χ3n) is 3.86. The number of hydrogen-bond donors (Lipinski definition) is 1. The lowest BCUT2D eigenvalue weighted by atomic mass is 10.2. The monoisotopic (exact) mass is 364 g/mol. The van der Waals surface area contributed by atoms with Crippen LogP contribution in [0.5, 0.6) is 0 Å². The first-order chi connectivity index (χ1) is 11.9. The van der Waals surface area contributed by atoms with Gasteiger partial charge >= 0.3 is 0 Å². The maximum Gasteiger partial charge on any atom is 0.276 e. The van der Waals surface area contributed by atoms with Gasteiger partial charge in [-0.2, -0.15) is 14.6 Å². The number of anilines is 1. The van der Waals surface area contributed by atoms with Crippen LogP contribution in [0, 0.1) is 17.2 Å². The van der Waals surface area contributed by atoms with E-state index >= 15 is 0 Å². The van der Waals surface area contributed by atoms with Gasteiger partial charge in [-0.1, -0.05) is 13.8 Å². The van der Waals surface area contributed by atoms with Crippen LogP contribution in [0.1, 0.15) is 32.4 Å². The van der Waals surface area contributed by atoms with E-state index in [1.807, 2.05) is 19.9 Å². The number of hydrogen-bond acceptors (Lipinski definition) is 7. The number of oxazole rings is 1. The molecule has 2 aromatic rings. The predicted molar refractivity (Wildman–Crippen MR) is 90.2 cm³/mol. The number of aromatic nitrogens is 1. The highest BCUT2D eigenvalue weighted by atomic mass is 32.2. The fourth-order valence-corrected chi connectivity index (χ4v) is 3.98. The Labute approximate surface area is 146 Å². The van der Waals surface area contributed by atoms with E-state index in [4.69, 9.17) is 8.83 Å². The molecule has 0 aliphatic carbocycles. The van der Waals surface area contributed by atoms with Gasteiger partial charge in [0.2, 0.25) is 16.7 Å². The number of furan rings is 1. The van der Waals surface area contributed by atoms with Crippen LogP contribution >= 0.6 is 0 Å². The Bertz CT molecular complexity index is 886. The van der Waals surface area contributed by atoms with Gasteiger partial charge in [0.25, 0.3) is 15.9 Å². The normalized spacial score (nSPS) is 15.6. The zero-order valence-electron chi connectivity index (χ0n) is 14.2. The standard InChI is InChI=1S/C16H20N4O4S/c1-11(2)10-18-15-12(9-17)19-16(24-15)13-5-6-14(23-13)25(21,22)20-7-3-4-8-20/h5-6,11,18H,3-4,7-8,10H2,1-2H3. The minimum Gasteiger partial charge on any atom is -0.438 e. The van der Waals surface area contributed by atoms with Gasteiger partial charge in [0, 0.05) is 19.6 Å². The lowest BCUT2D eigenvalue weighted by Gasteiger charge is -2.12. The van der Waals surface area contributed by atoms with Gasteiger partial charge in [-0.3, -0.25) is 0 Å². The van der Waals surface area contributed by atoms with Crippen LogP contribution in [0.25, 0.3) is 11.7 Å². The fourth-order valence-electron chi connectivity index (χ4n) is 2.55. The van der Waals surface area contributed by atoms with Crippen molar-refractivity contribution in [1.29, 1.82) is 5.26 Å². The molecule has 3 heterocycles. The quantitative estimate of drug-likeness (QED) is 0.838. The van der Waals surface area contributed by atoms with Crippen molar-refractivity contribution in [1.82, 2.24) is 9.29 Å². The first-order valence-corrected chi connectivity index (χ1v) is 9.61. The van der Waals surface area contributed by atoms with Crippen LogP contribution in [-0.2, 0) is 10.0 Å². The molecule has 0 spiro atoms. The predicted octanol–water partition coefficient (Wildman–Crippen LogP) is 2.66. The highest BCUT2D eigenvalue weighted by molar-refractivity contribution is 7.89. The van der Waals surface area contributed by atoms with Crippen molar-refractivity contribution >= 4 is 15.9 Å². The minimum absolute atomic E-state index is 0.0747. The minimum atomic E-state index is -3.64. The van der Waals surface area contributed by atoms with Crippen molar-refractivity contribution in [2.45, 2.75) is 31.8 Å². The maximum atomic E-state index is 12.5. The van der Waals surface area contributed by atoms with Gasteiger partial charge < -0.3 is 14.2 Å². The Kier molecular flexibility index (Phi) is 4.83. The fraction of sp³-hybridized carbons (Fsp3) is 0.500. The molecule has 0 saturated carbocycles. The molecule has 0 unspecified atom stereocenters. The molecule has 1 aliphatic heterocycles. The smallest absolute Gasteiger partial charge is 0.276 e. The summed E-state index contributed by atoms with van der Waals surface area (Å²) in [5, 5.41) is 12.1. The third kappa shape index (κ3) is 3.55. The average Bonchev–Trinajstić information content (AvgIpc) is 3.32. The summed E-state index contributed by atoms with van der Waals surface area (Å²) >= 11 is 0. The maximum absolute atomic E-state index is 12.5. The van der Waals surface area contributed by atoms with Gasteiger partial charge in [0.15, 0.2) is 5.76 Å². The first-order valence-electron chi connectivity index (χ1n) is 8.17. The van der Waals surface area contributed by atoms with Crippen LogP contribution in [0.3, 0.4) is 0 Å². The number of nitriles is 1. The van der Waals surface area contributed by atoms with Crippen LogP contribution in [0.15, 0.2) is 26.1 Å². The molecular weight excluding hydrogens is 344 g/mol. The van der Waals surface area contributed by atoms with E-state index in [1.54, 1.807) is 0 Å². The molecule has 1 N–H and O–H groups in total. The molecule has 0 atom stereocenters. The summed E-state index contributed by atoms with van der Waals surface area (Å²) in [5.41, 5.74) is 0.107. The van der Waals surface area contributed by atoms with Gasteiger partial charge in [-0.05, 0) is 30.9 Å². The van der Waals surface area contributed by atoms with E-state index in [2.05, 4.69) is 10.3 Å². The Morgan fingerprint density at radius 3 is 2.68 bits per heavy atom. The molecule has 2 aromatic heterocycles. The highest BCUT2D eigenvalue weighted by Crippen LogP contribution is 2.30. The third-order valence-corrected chi connectivity index (χ3v) is 5.63. The number of nitrogens with one attached hydrogen (secondary N) is 1. The summed E-state index contributed by atoms with van der Waals surface area (Å²) in [6.45, 7) is 5.67. The van der Waals surface area contributed by atoms with Gasteiger partial charge in [0.05, 0.1) is 0 Å². The molecule has 8 nitrogen and oxygen atoms in total. The van der Waals surface area contributed by atoms with Gasteiger partial charge in [0.1, 0.15) is 6.07 Å². The van der Waals surface area contributed by atoms with Crippen molar-refractivity contribution in [2.75, 3.05) is 25.0 Å². The van der Waals surface area contributed by atoms with Crippen LogP contribution in [0.4, 0.5) is 5.88 Å². The second-order valence-corrected chi connectivity index (χ2v) is 8.18. The number of rotatable bonds is 6. The summed E-state index contributed by atoms with van der Waals surface area (Å²) in [5.74, 6) is 0.866. The lowest BCUT2D eigenvalue weighted by molar-refractivity contribution is 0.410. The zero-order chi connectivity index (χ0) is 18.0. The zero-order valence-corrected chi connectivity index (χ0v) is 15.0. The summed E-state index contributed by atoms with van der Waals surface area (Å²) in [4.78, 5) is 4.08. The van der Waals surface area contributed by atoms with Gasteiger partial charge in [-0.15, -0.1) is 0 Å². The van der Waals surface area contributed by atoms with Crippen molar-refractivity contribution in [2.24, 2.45) is 5.92 Å². The van der Waals surface area contributed by atoms with Crippen LogP contribution < -0.4 is 5.32 Å². The summed E-state index contributed by atoms with van der Waals surface area (Å²) < 4.78 is 37.4. The average molecular weight is 364 g/mol. The van der Waals surface area contributed by atoms with Crippen molar-refractivity contribution in [3.8, 4) is 17.7 Å². The molecule has 0 amide bonds. The Hall–Kier alpha value is -2.31. The molecule has 0 bridgehead atoms. The van der Waals surface area contributed by atoms with Crippen molar-refractivity contribution in [3.63, 3.8) is 0 Å². The van der Waals surface area contributed by atoms with Crippen LogP contribution in [-0.4, -0.2) is 37.3 Å². The topological polar surface area (TPSA) is 112 Å². The van der Waals surface area contributed by atoms with E-state index in [-0.39, 0.29) is 28.3 Å². The van der Waals surface area contributed by atoms with E-state index in [1.165, 1.54) is 16.4 Å². The SMILES string of the molecule is CC(C)CNc1oc(-c2ccc(S(=O)(=O)N3CCCC3)o2)nc1C#N. The largest absolute Gasteiger partial charge is 0.438 e. The Balaban J connectivity index is 1.86. The molecule has 134 valence electrons. The first kappa shape index (κ1) is 17.5. The molecule has 1 aliphatic rings. The summed E-state index contributed by atoms with van der Waals surface area (Å²) in [6, 6.07) is 4.83. The second kappa shape index (κ2) is 6.90. The second-order valence-electron chi connectivity index (χ2n) is 6.31. The Morgan fingerprint density at radius 1 is 1.32 bits per heavy atom. The van der Waals surface area contributed by atoms with Crippen molar-refractivity contribution < 1.29 is 17.3 Å². The highest BCUT2D eigenvalue weighted by Gasteiger charge is 2.30.